The monoisotopic (exact) mass is 433 g/mol. The third-order valence-corrected chi connectivity index (χ3v) is 5.04. The van der Waals surface area contributed by atoms with Crippen LogP contribution in [0.3, 0.4) is 0 Å². The Morgan fingerprint density at radius 1 is 1.26 bits per heavy atom. The first-order chi connectivity index (χ1) is 14.8. The van der Waals surface area contributed by atoms with Gasteiger partial charge in [-0.3, -0.25) is 14.7 Å². The van der Waals surface area contributed by atoms with Gasteiger partial charge in [0, 0.05) is 44.9 Å². The van der Waals surface area contributed by atoms with Gasteiger partial charge >= 0.3 is 0 Å². The molecule has 0 bridgehead atoms. The van der Waals surface area contributed by atoms with Crippen LogP contribution in [0.2, 0.25) is 0 Å². The molecule has 0 saturated carbocycles. The zero-order chi connectivity index (χ0) is 22.7. The highest BCUT2D eigenvalue weighted by atomic mass is 16.5. The molecule has 31 heavy (non-hydrogen) atoms. The van der Waals surface area contributed by atoms with E-state index in [0.29, 0.717) is 25.2 Å². The number of benzene rings is 1. The number of carbonyl (C=O) groups excluding carboxylic acids is 1. The van der Waals surface area contributed by atoms with Gasteiger partial charge in [0.15, 0.2) is 5.96 Å². The van der Waals surface area contributed by atoms with E-state index in [1.165, 1.54) is 0 Å². The maximum atomic E-state index is 12.0. The van der Waals surface area contributed by atoms with Gasteiger partial charge in [-0.2, -0.15) is 0 Å². The van der Waals surface area contributed by atoms with Gasteiger partial charge in [-0.1, -0.05) is 12.1 Å². The fourth-order valence-corrected chi connectivity index (χ4v) is 3.39. The molecule has 1 amide bonds. The van der Waals surface area contributed by atoms with E-state index in [-0.39, 0.29) is 18.0 Å². The summed E-state index contributed by atoms with van der Waals surface area (Å²) in [7, 11) is 3.84. The van der Waals surface area contributed by atoms with Crippen molar-refractivity contribution in [2.75, 3.05) is 47.0 Å². The van der Waals surface area contributed by atoms with Crippen LogP contribution in [0.25, 0.3) is 0 Å². The molecule has 0 spiro atoms. The number of carbonyl (C=O) groups is 1. The summed E-state index contributed by atoms with van der Waals surface area (Å²) in [6.07, 6.45) is 2.18. The predicted octanol–water partition coefficient (Wildman–Crippen LogP) is 1.76. The minimum absolute atomic E-state index is 0.0726. The topological polar surface area (TPSA) is 87.2 Å². The Morgan fingerprint density at radius 3 is 2.68 bits per heavy atom. The number of hydrogen-bond acceptors (Lipinski definition) is 5. The lowest BCUT2D eigenvalue weighted by Gasteiger charge is -2.31. The lowest BCUT2D eigenvalue weighted by molar-refractivity contribution is -0.121. The largest absolute Gasteiger partial charge is 0.492 e. The first kappa shape index (κ1) is 24.9. The molecule has 1 aromatic carbocycles. The molecule has 1 aliphatic rings. The van der Waals surface area contributed by atoms with E-state index in [4.69, 9.17) is 9.47 Å². The minimum Gasteiger partial charge on any atom is -0.492 e. The summed E-state index contributed by atoms with van der Waals surface area (Å²) in [5.41, 5.74) is 0.827. The zero-order valence-corrected chi connectivity index (χ0v) is 19.7. The van der Waals surface area contributed by atoms with Gasteiger partial charge in [0.1, 0.15) is 12.4 Å². The molecule has 2 rings (SSSR count). The summed E-state index contributed by atoms with van der Waals surface area (Å²) < 4.78 is 11.4. The number of ether oxygens (including phenoxy) is 2. The van der Waals surface area contributed by atoms with E-state index >= 15 is 0 Å². The Hall–Kier alpha value is -2.32. The molecule has 1 saturated heterocycles. The number of aliphatic imine (C=N–C) groups is 1. The normalized spacial score (nSPS) is 15.6. The molecule has 3 N–H and O–H groups in total. The number of rotatable bonds is 9. The van der Waals surface area contributed by atoms with Gasteiger partial charge in [-0.25, -0.2) is 0 Å². The molecule has 0 atom stereocenters. The van der Waals surface area contributed by atoms with Crippen molar-refractivity contribution in [1.29, 1.82) is 0 Å². The lowest BCUT2D eigenvalue weighted by atomic mass is 10.1. The van der Waals surface area contributed by atoms with E-state index in [1.54, 1.807) is 7.05 Å². The van der Waals surface area contributed by atoms with Crippen molar-refractivity contribution in [3.63, 3.8) is 0 Å². The molecule has 1 aromatic rings. The Balaban J connectivity index is 1.73. The molecular formula is C23H39N5O3. The molecule has 174 valence electrons. The standard InChI is InChI=1S/C23H39N5O3/c1-23(2,3)27-21(29)17-26-22(24-4)25-16-18-7-6-8-20(15-18)31-14-11-28(5)19-9-12-30-13-10-19/h6-8,15,19H,9-14,16-17H2,1-5H3,(H,27,29)(H2,24,25,26). The first-order valence-electron chi connectivity index (χ1n) is 11.0. The molecule has 1 aliphatic heterocycles. The van der Waals surface area contributed by atoms with Crippen molar-refractivity contribution in [2.45, 2.75) is 51.7 Å². The predicted molar refractivity (Wildman–Crippen MR) is 125 cm³/mol. The summed E-state index contributed by atoms with van der Waals surface area (Å²) in [6.45, 7) is 9.86. The number of likely N-dealkylation sites (N-methyl/N-ethyl adjacent to an activating group) is 1. The van der Waals surface area contributed by atoms with Gasteiger partial charge in [0.05, 0.1) is 6.54 Å². The maximum absolute atomic E-state index is 12.0. The summed E-state index contributed by atoms with van der Waals surface area (Å²) in [4.78, 5) is 18.5. The Labute approximate surface area is 186 Å². The van der Waals surface area contributed by atoms with Gasteiger partial charge in [0.25, 0.3) is 0 Å². The van der Waals surface area contributed by atoms with Crippen molar-refractivity contribution < 1.29 is 14.3 Å². The van der Waals surface area contributed by atoms with Crippen LogP contribution in [0.5, 0.6) is 5.75 Å². The van der Waals surface area contributed by atoms with E-state index < -0.39 is 0 Å². The average molecular weight is 434 g/mol. The molecule has 0 radical (unpaired) electrons. The summed E-state index contributed by atoms with van der Waals surface area (Å²) in [6, 6.07) is 8.61. The second-order valence-electron chi connectivity index (χ2n) is 8.90. The van der Waals surface area contributed by atoms with Gasteiger partial charge in [0.2, 0.25) is 5.91 Å². The van der Waals surface area contributed by atoms with E-state index in [1.807, 2.05) is 45.0 Å². The molecule has 8 heteroatoms. The van der Waals surface area contributed by atoms with E-state index in [2.05, 4.69) is 32.9 Å². The maximum Gasteiger partial charge on any atom is 0.239 e. The summed E-state index contributed by atoms with van der Waals surface area (Å²) in [5, 5.41) is 9.19. The highest BCUT2D eigenvalue weighted by Crippen LogP contribution is 2.15. The Morgan fingerprint density at radius 2 is 2.00 bits per heavy atom. The number of amides is 1. The lowest BCUT2D eigenvalue weighted by Crippen LogP contribution is -2.48. The van der Waals surface area contributed by atoms with E-state index in [0.717, 1.165) is 43.9 Å². The van der Waals surface area contributed by atoms with Crippen molar-refractivity contribution >= 4 is 11.9 Å². The van der Waals surface area contributed by atoms with Crippen LogP contribution >= 0.6 is 0 Å². The van der Waals surface area contributed by atoms with Crippen LogP contribution in [0.1, 0.15) is 39.2 Å². The SMILES string of the molecule is CN=C(NCC(=O)NC(C)(C)C)NCc1cccc(OCCN(C)C2CCOCC2)c1. The third kappa shape index (κ3) is 10.0. The quantitative estimate of drug-likeness (QED) is 0.406. The van der Waals surface area contributed by atoms with Crippen LogP contribution in [-0.4, -0.2) is 75.4 Å². The van der Waals surface area contributed by atoms with Gasteiger partial charge < -0.3 is 25.4 Å². The number of nitrogens with one attached hydrogen (secondary N) is 3. The van der Waals surface area contributed by atoms with Crippen molar-refractivity contribution in [3.05, 3.63) is 29.8 Å². The number of nitrogens with zero attached hydrogens (tertiary/aromatic N) is 2. The van der Waals surface area contributed by atoms with Crippen molar-refractivity contribution in [3.8, 4) is 5.75 Å². The Bertz CT molecular complexity index is 711. The molecular weight excluding hydrogens is 394 g/mol. The molecule has 0 aliphatic carbocycles. The second-order valence-corrected chi connectivity index (χ2v) is 8.90. The van der Waals surface area contributed by atoms with Crippen LogP contribution in [-0.2, 0) is 16.1 Å². The van der Waals surface area contributed by atoms with Gasteiger partial charge in [-0.15, -0.1) is 0 Å². The molecule has 1 fully saturated rings. The number of hydrogen-bond donors (Lipinski definition) is 3. The van der Waals surface area contributed by atoms with Crippen molar-refractivity contribution in [2.24, 2.45) is 4.99 Å². The fourth-order valence-electron chi connectivity index (χ4n) is 3.39. The molecule has 8 nitrogen and oxygen atoms in total. The van der Waals surface area contributed by atoms with E-state index in [9.17, 15) is 4.79 Å². The van der Waals surface area contributed by atoms with Crippen LogP contribution < -0.4 is 20.7 Å². The molecule has 1 heterocycles. The molecule has 0 aromatic heterocycles. The average Bonchev–Trinajstić information content (AvgIpc) is 2.73. The second kappa shape index (κ2) is 12.5. The third-order valence-electron chi connectivity index (χ3n) is 5.04. The van der Waals surface area contributed by atoms with Crippen molar-refractivity contribution in [1.82, 2.24) is 20.9 Å². The Kier molecular flexibility index (Phi) is 10.1. The van der Waals surface area contributed by atoms with Crippen LogP contribution in [0.15, 0.2) is 29.3 Å². The highest BCUT2D eigenvalue weighted by Gasteiger charge is 2.18. The summed E-state index contributed by atoms with van der Waals surface area (Å²) in [5.74, 6) is 1.36. The first-order valence-corrected chi connectivity index (χ1v) is 11.0. The number of guanidine groups is 1. The van der Waals surface area contributed by atoms with Gasteiger partial charge in [-0.05, 0) is 58.4 Å². The highest BCUT2D eigenvalue weighted by molar-refractivity contribution is 5.86. The fraction of sp³-hybridized carbons (Fsp3) is 0.652. The molecule has 0 unspecified atom stereocenters. The van der Waals surface area contributed by atoms with Crippen LogP contribution in [0, 0.1) is 0 Å². The smallest absolute Gasteiger partial charge is 0.239 e. The van der Waals surface area contributed by atoms with Crippen LogP contribution in [0.4, 0.5) is 0 Å². The summed E-state index contributed by atoms with van der Waals surface area (Å²) >= 11 is 0. The minimum atomic E-state index is -0.254. The zero-order valence-electron chi connectivity index (χ0n) is 19.7.